The van der Waals surface area contributed by atoms with Crippen LogP contribution in [0.3, 0.4) is 0 Å². The number of nitrogens with one attached hydrogen (secondary N) is 1. The average Bonchev–Trinajstić information content (AvgIpc) is 2.83. The van der Waals surface area contributed by atoms with Gasteiger partial charge in [0.05, 0.1) is 0 Å². The molecule has 1 aliphatic carbocycles. The molecule has 2 nitrogen and oxygen atoms in total. The van der Waals surface area contributed by atoms with Gasteiger partial charge >= 0.3 is 0 Å². The van der Waals surface area contributed by atoms with E-state index in [-0.39, 0.29) is 0 Å². The predicted molar refractivity (Wildman–Crippen MR) is 83.5 cm³/mol. The Balaban J connectivity index is 2.03. The molecule has 0 bridgehead atoms. The molecule has 2 heteroatoms. The van der Waals surface area contributed by atoms with Crippen molar-refractivity contribution in [1.82, 2.24) is 10.2 Å². The molecule has 0 aromatic carbocycles. The Bertz CT molecular complexity index is 264. The zero-order valence-corrected chi connectivity index (χ0v) is 13.5. The number of hydrogen-bond acceptors (Lipinski definition) is 2. The van der Waals surface area contributed by atoms with Gasteiger partial charge in [-0.25, -0.2) is 0 Å². The van der Waals surface area contributed by atoms with Crippen molar-refractivity contribution in [3.8, 4) is 0 Å². The van der Waals surface area contributed by atoms with Crippen molar-refractivity contribution in [2.24, 2.45) is 11.8 Å². The molecule has 19 heavy (non-hydrogen) atoms. The van der Waals surface area contributed by atoms with Gasteiger partial charge < -0.3 is 5.32 Å². The van der Waals surface area contributed by atoms with E-state index >= 15 is 0 Å². The first-order valence-electron chi connectivity index (χ1n) is 8.59. The number of nitrogens with zero attached hydrogens (tertiary/aromatic N) is 1. The fourth-order valence-corrected chi connectivity index (χ4v) is 4.13. The smallest absolute Gasteiger partial charge is 0.0309 e. The molecular weight excluding hydrogens is 232 g/mol. The Kier molecular flexibility index (Phi) is 5.30. The largest absolute Gasteiger partial charge is 0.308 e. The van der Waals surface area contributed by atoms with Gasteiger partial charge in [-0.3, -0.25) is 4.90 Å². The van der Waals surface area contributed by atoms with Gasteiger partial charge in [-0.1, -0.05) is 53.4 Å². The molecule has 0 amide bonds. The monoisotopic (exact) mass is 266 g/mol. The Morgan fingerprint density at radius 2 is 1.79 bits per heavy atom. The molecule has 1 atom stereocenters. The van der Waals surface area contributed by atoms with Crippen LogP contribution in [0.25, 0.3) is 0 Å². The van der Waals surface area contributed by atoms with Crippen molar-refractivity contribution < 1.29 is 0 Å². The lowest BCUT2D eigenvalue weighted by Crippen LogP contribution is -2.64. The number of hydrogen-bond donors (Lipinski definition) is 1. The summed E-state index contributed by atoms with van der Waals surface area (Å²) in [5, 5.41) is 3.92. The minimum absolute atomic E-state index is 0.470. The molecular formula is C17H34N2. The first-order chi connectivity index (χ1) is 9.10. The van der Waals surface area contributed by atoms with Gasteiger partial charge in [-0.2, -0.15) is 0 Å². The highest BCUT2D eigenvalue weighted by atomic mass is 15.3. The normalized spacial score (nSPS) is 27.8. The van der Waals surface area contributed by atoms with E-state index in [1.165, 1.54) is 58.2 Å². The minimum Gasteiger partial charge on any atom is -0.308 e. The fraction of sp³-hybridized carbons (Fsp3) is 1.00. The number of rotatable bonds is 5. The minimum atomic E-state index is 0.470. The van der Waals surface area contributed by atoms with Crippen molar-refractivity contribution in [3.05, 3.63) is 0 Å². The zero-order chi connectivity index (χ0) is 13.9. The summed E-state index contributed by atoms with van der Waals surface area (Å²) in [6.07, 6.45) is 8.32. The maximum absolute atomic E-state index is 3.92. The lowest BCUT2D eigenvalue weighted by atomic mass is 9.88. The summed E-state index contributed by atoms with van der Waals surface area (Å²) in [5.74, 6) is 1.65. The summed E-state index contributed by atoms with van der Waals surface area (Å²) < 4.78 is 0. The van der Waals surface area contributed by atoms with E-state index in [1.807, 2.05) is 0 Å². The lowest BCUT2D eigenvalue weighted by molar-refractivity contribution is 0.0431. The summed E-state index contributed by atoms with van der Waals surface area (Å²) in [6, 6.07) is 0.742. The zero-order valence-electron chi connectivity index (χ0n) is 13.5. The van der Waals surface area contributed by atoms with Gasteiger partial charge in [-0.05, 0) is 24.7 Å². The number of piperazine rings is 1. The van der Waals surface area contributed by atoms with Crippen LogP contribution in [0.2, 0.25) is 0 Å². The Morgan fingerprint density at radius 1 is 1.16 bits per heavy atom. The summed E-state index contributed by atoms with van der Waals surface area (Å²) >= 11 is 0. The molecule has 2 rings (SSSR count). The second-order valence-electron chi connectivity index (χ2n) is 7.29. The van der Waals surface area contributed by atoms with Crippen LogP contribution in [-0.4, -0.2) is 36.1 Å². The molecule has 1 heterocycles. The Labute approximate surface area is 120 Å². The lowest BCUT2D eigenvalue weighted by Gasteiger charge is -2.49. The Morgan fingerprint density at radius 3 is 2.32 bits per heavy atom. The van der Waals surface area contributed by atoms with Gasteiger partial charge in [0.1, 0.15) is 0 Å². The van der Waals surface area contributed by atoms with E-state index in [4.69, 9.17) is 0 Å². The van der Waals surface area contributed by atoms with Crippen LogP contribution in [0.4, 0.5) is 0 Å². The average molecular weight is 266 g/mol. The molecule has 1 unspecified atom stereocenters. The van der Waals surface area contributed by atoms with E-state index in [1.54, 1.807) is 0 Å². The van der Waals surface area contributed by atoms with E-state index in [0.29, 0.717) is 5.54 Å². The van der Waals surface area contributed by atoms with Gasteiger partial charge in [0, 0.05) is 31.2 Å². The molecule has 1 spiro atoms. The predicted octanol–water partition coefficient (Wildman–Crippen LogP) is 3.67. The third-order valence-electron chi connectivity index (χ3n) is 5.64. The highest BCUT2D eigenvalue weighted by Gasteiger charge is 2.41. The maximum Gasteiger partial charge on any atom is 0.0309 e. The van der Waals surface area contributed by atoms with Crippen molar-refractivity contribution in [3.63, 3.8) is 0 Å². The van der Waals surface area contributed by atoms with E-state index in [2.05, 4.69) is 37.9 Å². The van der Waals surface area contributed by atoms with E-state index < -0.39 is 0 Å². The molecule has 1 aliphatic heterocycles. The van der Waals surface area contributed by atoms with Crippen molar-refractivity contribution in [2.45, 2.75) is 77.8 Å². The van der Waals surface area contributed by atoms with Crippen LogP contribution >= 0.6 is 0 Å². The fourth-order valence-electron chi connectivity index (χ4n) is 4.13. The molecule has 112 valence electrons. The van der Waals surface area contributed by atoms with Crippen molar-refractivity contribution >= 4 is 0 Å². The van der Waals surface area contributed by atoms with Crippen LogP contribution in [-0.2, 0) is 0 Å². The molecule has 2 aliphatic rings. The molecule has 2 fully saturated rings. The molecule has 0 aromatic heterocycles. The Hall–Kier alpha value is -0.0800. The molecule has 0 radical (unpaired) electrons. The molecule has 1 saturated carbocycles. The third-order valence-corrected chi connectivity index (χ3v) is 5.64. The summed E-state index contributed by atoms with van der Waals surface area (Å²) in [4.78, 5) is 2.84. The SMILES string of the molecule is CCC(CC)CN1CC2(CCCC2)NCC1C(C)C. The molecule has 0 aromatic rings. The summed E-state index contributed by atoms with van der Waals surface area (Å²) in [7, 11) is 0. The van der Waals surface area contributed by atoms with Gasteiger partial charge in [-0.15, -0.1) is 0 Å². The van der Waals surface area contributed by atoms with Crippen molar-refractivity contribution in [2.75, 3.05) is 19.6 Å². The van der Waals surface area contributed by atoms with E-state index in [9.17, 15) is 0 Å². The standard InChI is InChI=1S/C17H34N2/c1-5-15(6-2)12-19-13-17(9-7-8-10-17)18-11-16(19)14(3)4/h14-16,18H,5-13H2,1-4H3. The highest BCUT2D eigenvalue weighted by Crippen LogP contribution is 2.34. The second-order valence-corrected chi connectivity index (χ2v) is 7.29. The van der Waals surface area contributed by atoms with Crippen LogP contribution in [0.5, 0.6) is 0 Å². The quantitative estimate of drug-likeness (QED) is 0.817. The van der Waals surface area contributed by atoms with Gasteiger partial charge in [0.2, 0.25) is 0 Å². The van der Waals surface area contributed by atoms with Crippen LogP contribution < -0.4 is 5.32 Å². The third kappa shape index (κ3) is 3.52. The topological polar surface area (TPSA) is 15.3 Å². The van der Waals surface area contributed by atoms with Crippen LogP contribution in [0.15, 0.2) is 0 Å². The van der Waals surface area contributed by atoms with Crippen molar-refractivity contribution in [1.29, 1.82) is 0 Å². The highest BCUT2D eigenvalue weighted by molar-refractivity contribution is 5.01. The maximum atomic E-state index is 3.92. The first kappa shape index (κ1) is 15.3. The molecule has 1 saturated heterocycles. The molecule has 1 N–H and O–H groups in total. The van der Waals surface area contributed by atoms with E-state index in [0.717, 1.165) is 17.9 Å². The van der Waals surface area contributed by atoms with Gasteiger partial charge in [0.25, 0.3) is 0 Å². The first-order valence-corrected chi connectivity index (χ1v) is 8.59. The van der Waals surface area contributed by atoms with Gasteiger partial charge in [0.15, 0.2) is 0 Å². The summed E-state index contributed by atoms with van der Waals surface area (Å²) in [6.45, 7) is 13.3. The van der Waals surface area contributed by atoms with Crippen LogP contribution in [0, 0.1) is 11.8 Å². The van der Waals surface area contributed by atoms with Crippen LogP contribution in [0.1, 0.15) is 66.2 Å². The second kappa shape index (κ2) is 6.58. The summed E-state index contributed by atoms with van der Waals surface area (Å²) in [5.41, 5.74) is 0.470.